The molecule has 1 heteroatoms. The first-order valence-corrected chi connectivity index (χ1v) is 5.85. The largest absolute Gasteiger partial charge is 0.307 e. The lowest BCUT2D eigenvalue weighted by atomic mass is 10.0. The van der Waals surface area contributed by atoms with E-state index in [-0.39, 0.29) is 0 Å². The Morgan fingerprint density at radius 1 is 1.00 bits per heavy atom. The average molecular weight is 185 g/mol. The van der Waals surface area contributed by atoms with Gasteiger partial charge in [-0.1, -0.05) is 46.5 Å². The van der Waals surface area contributed by atoms with E-state index in [0.29, 0.717) is 0 Å². The molecule has 0 spiro atoms. The van der Waals surface area contributed by atoms with Crippen molar-refractivity contribution in [3.8, 4) is 0 Å². The smallest absolute Gasteiger partial charge is 0.00219 e. The van der Waals surface area contributed by atoms with E-state index in [1.807, 2.05) is 0 Å². The summed E-state index contributed by atoms with van der Waals surface area (Å²) in [6.07, 6.45) is 7.05. The summed E-state index contributed by atoms with van der Waals surface area (Å²) in [6, 6.07) is 0. The van der Waals surface area contributed by atoms with Crippen LogP contribution in [-0.2, 0) is 0 Å². The van der Waals surface area contributed by atoms with Crippen molar-refractivity contribution >= 4 is 0 Å². The lowest BCUT2D eigenvalue weighted by Crippen LogP contribution is -2.18. The monoisotopic (exact) mass is 185 g/mol. The molecule has 0 aromatic carbocycles. The van der Waals surface area contributed by atoms with Crippen LogP contribution in [-0.4, -0.2) is 25.0 Å². The van der Waals surface area contributed by atoms with Crippen LogP contribution in [0.3, 0.4) is 0 Å². The Morgan fingerprint density at radius 2 is 1.62 bits per heavy atom. The molecule has 0 amide bonds. The van der Waals surface area contributed by atoms with E-state index in [2.05, 4.69) is 32.7 Å². The molecule has 0 aliphatic carbocycles. The van der Waals surface area contributed by atoms with E-state index in [1.54, 1.807) is 0 Å². The van der Waals surface area contributed by atoms with Crippen LogP contribution in [0.4, 0.5) is 0 Å². The molecule has 0 aliphatic heterocycles. The molecule has 0 N–H and O–H groups in total. The van der Waals surface area contributed by atoms with Crippen molar-refractivity contribution in [2.45, 2.75) is 52.9 Å². The fourth-order valence-corrected chi connectivity index (χ4v) is 1.45. The first-order valence-electron chi connectivity index (χ1n) is 5.85. The molecule has 0 aliphatic rings. The maximum atomic E-state index is 2.39. The molecule has 0 rings (SSSR count). The van der Waals surface area contributed by atoms with E-state index in [0.717, 1.165) is 5.92 Å². The zero-order valence-corrected chi connectivity index (χ0v) is 9.97. The molecule has 0 unspecified atom stereocenters. The van der Waals surface area contributed by atoms with Crippen LogP contribution in [0.1, 0.15) is 52.9 Å². The predicted octanol–water partition coefficient (Wildman–Crippen LogP) is 3.54. The molecule has 0 bridgehead atoms. The SMILES string of the molecule is CCN(C)CCCCCCC(C)C. The molecule has 0 aromatic heterocycles. The van der Waals surface area contributed by atoms with Gasteiger partial charge in [-0.25, -0.2) is 0 Å². The first kappa shape index (κ1) is 13.0. The molecular weight excluding hydrogens is 158 g/mol. The zero-order chi connectivity index (χ0) is 10.1. The second kappa shape index (κ2) is 8.55. The van der Waals surface area contributed by atoms with E-state index < -0.39 is 0 Å². The summed E-state index contributed by atoms with van der Waals surface area (Å²) in [6.45, 7) is 9.30. The molecule has 0 saturated heterocycles. The normalized spacial score (nSPS) is 11.5. The topological polar surface area (TPSA) is 3.24 Å². The van der Waals surface area contributed by atoms with Crippen LogP contribution >= 0.6 is 0 Å². The van der Waals surface area contributed by atoms with Crippen LogP contribution in [0.5, 0.6) is 0 Å². The molecule has 1 nitrogen and oxygen atoms in total. The Labute approximate surface area is 84.5 Å². The number of hydrogen-bond donors (Lipinski definition) is 0. The van der Waals surface area contributed by atoms with Crippen molar-refractivity contribution in [1.29, 1.82) is 0 Å². The van der Waals surface area contributed by atoms with Gasteiger partial charge in [-0.15, -0.1) is 0 Å². The lowest BCUT2D eigenvalue weighted by Gasteiger charge is -2.13. The standard InChI is InChI=1S/C12H27N/c1-5-13(4)11-9-7-6-8-10-12(2)3/h12H,5-11H2,1-4H3. The highest BCUT2D eigenvalue weighted by atomic mass is 15.1. The Hall–Kier alpha value is -0.0400. The van der Waals surface area contributed by atoms with Gasteiger partial charge in [0.25, 0.3) is 0 Å². The third-order valence-electron chi connectivity index (χ3n) is 2.61. The fraction of sp³-hybridized carbons (Fsp3) is 1.00. The molecule has 80 valence electrons. The van der Waals surface area contributed by atoms with Gasteiger partial charge < -0.3 is 4.90 Å². The Balaban J connectivity index is 2.99. The van der Waals surface area contributed by atoms with Crippen molar-refractivity contribution in [2.75, 3.05) is 20.1 Å². The predicted molar refractivity (Wildman–Crippen MR) is 61.1 cm³/mol. The second-order valence-electron chi connectivity index (χ2n) is 4.49. The van der Waals surface area contributed by atoms with Crippen molar-refractivity contribution in [3.63, 3.8) is 0 Å². The molecular formula is C12H27N. The van der Waals surface area contributed by atoms with Gasteiger partial charge in [-0.3, -0.25) is 0 Å². The van der Waals surface area contributed by atoms with Crippen molar-refractivity contribution in [3.05, 3.63) is 0 Å². The molecule has 0 fully saturated rings. The molecule has 13 heavy (non-hydrogen) atoms. The van der Waals surface area contributed by atoms with Crippen molar-refractivity contribution in [1.82, 2.24) is 4.90 Å². The number of rotatable bonds is 8. The second-order valence-corrected chi connectivity index (χ2v) is 4.49. The maximum Gasteiger partial charge on any atom is -0.00219 e. The van der Waals surface area contributed by atoms with Crippen molar-refractivity contribution < 1.29 is 0 Å². The molecule has 0 heterocycles. The summed E-state index contributed by atoms with van der Waals surface area (Å²) >= 11 is 0. The van der Waals surface area contributed by atoms with Gasteiger partial charge in [0.15, 0.2) is 0 Å². The van der Waals surface area contributed by atoms with E-state index >= 15 is 0 Å². The lowest BCUT2D eigenvalue weighted by molar-refractivity contribution is 0.339. The summed E-state index contributed by atoms with van der Waals surface area (Å²) in [4.78, 5) is 2.39. The number of unbranched alkanes of at least 4 members (excludes halogenated alkanes) is 3. The highest BCUT2D eigenvalue weighted by Gasteiger charge is 1.96. The van der Waals surface area contributed by atoms with Gasteiger partial charge in [-0.05, 0) is 32.5 Å². The summed E-state index contributed by atoms with van der Waals surface area (Å²) in [7, 11) is 2.20. The number of nitrogens with zero attached hydrogens (tertiary/aromatic N) is 1. The Bertz CT molecular complexity index is 99.3. The van der Waals surface area contributed by atoms with Crippen LogP contribution < -0.4 is 0 Å². The highest BCUT2D eigenvalue weighted by molar-refractivity contribution is 4.51. The summed E-state index contributed by atoms with van der Waals surface area (Å²) in [5.41, 5.74) is 0. The minimum Gasteiger partial charge on any atom is -0.307 e. The first-order chi connectivity index (χ1) is 6.16. The Morgan fingerprint density at radius 3 is 2.15 bits per heavy atom. The van der Waals surface area contributed by atoms with Gasteiger partial charge in [0.05, 0.1) is 0 Å². The molecule has 0 atom stereocenters. The average Bonchev–Trinajstić information content (AvgIpc) is 2.10. The number of hydrogen-bond acceptors (Lipinski definition) is 1. The van der Waals surface area contributed by atoms with E-state index in [4.69, 9.17) is 0 Å². The van der Waals surface area contributed by atoms with E-state index in [9.17, 15) is 0 Å². The van der Waals surface area contributed by atoms with Gasteiger partial charge in [0, 0.05) is 0 Å². The summed E-state index contributed by atoms with van der Waals surface area (Å²) in [5, 5.41) is 0. The third-order valence-corrected chi connectivity index (χ3v) is 2.61. The van der Waals surface area contributed by atoms with Gasteiger partial charge >= 0.3 is 0 Å². The summed E-state index contributed by atoms with van der Waals surface area (Å²) < 4.78 is 0. The highest BCUT2D eigenvalue weighted by Crippen LogP contribution is 2.09. The van der Waals surface area contributed by atoms with Gasteiger partial charge in [0.2, 0.25) is 0 Å². The third kappa shape index (κ3) is 9.88. The quantitative estimate of drug-likeness (QED) is 0.523. The maximum absolute atomic E-state index is 2.39. The van der Waals surface area contributed by atoms with Gasteiger partial charge in [0.1, 0.15) is 0 Å². The van der Waals surface area contributed by atoms with Crippen LogP contribution in [0.15, 0.2) is 0 Å². The minimum atomic E-state index is 0.887. The van der Waals surface area contributed by atoms with Crippen molar-refractivity contribution in [2.24, 2.45) is 5.92 Å². The van der Waals surface area contributed by atoms with Crippen LogP contribution in [0, 0.1) is 5.92 Å². The van der Waals surface area contributed by atoms with Crippen LogP contribution in [0.2, 0.25) is 0 Å². The zero-order valence-electron chi connectivity index (χ0n) is 9.97. The van der Waals surface area contributed by atoms with Gasteiger partial charge in [-0.2, -0.15) is 0 Å². The fourth-order valence-electron chi connectivity index (χ4n) is 1.45. The Kier molecular flexibility index (Phi) is 8.53. The van der Waals surface area contributed by atoms with Crippen LogP contribution in [0.25, 0.3) is 0 Å². The minimum absolute atomic E-state index is 0.887. The van der Waals surface area contributed by atoms with E-state index in [1.165, 1.54) is 45.2 Å². The molecule has 0 aromatic rings. The molecule has 0 radical (unpaired) electrons. The molecule has 0 saturated carbocycles. The summed E-state index contributed by atoms with van der Waals surface area (Å²) in [5.74, 6) is 0.887.